The van der Waals surface area contributed by atoms with E-state index in [0.717, 1.165) is 0 Å². The molecule has 0 bridgehead atoms. The zero-order valence-corrected chi connectivity index (χ0v) is 25.8. The summed E-state index contributed by atoms with van der Waals surface area (Å²) in [5.41, 5.74) is 23.5. The summed E-state index contributed by atoms with van der Waals surface area (Å²) < 4.78 is 0. The van der Waals surface area contributed by atoms with E-state index in [1.54, 1.807) is 0 Å². The van der Waals surface area contributed by atoms with E-state index in [1.165, 1.54) is 101 Å². The quantitative estimate of drug-likeness (QED) is 0.183. The molecule has 0 fully saturated rings. The van der Waals surface area contributed by atoms with Crippen molar-refractivity contribution in [3.63, 3.8) is 0 Å². The second-order valence-electron chi connectivity index (χ2n) is 13.6. The number of hydrogen-bond acceptors (Lipinski definition) is 4. The van der Waals surface area contributed by atoms with Gasteiger partial charge in [-0.2, -0.15) is 0 Å². The van der Waals surface area contributed by atoms with Gasteiger partial charge in [0.25, 0.3) is 13.4 Å². The van der Waals surface area contributed by atoms with Crippen LogP contribution >= 0.6 is 0 Å². The third-order valence-electron chi connectivity index (χ3n) is 11.6. The molecule has 0 amide bonds. The highest BCUT2D eigenvalue weighted by molar-refractivity contribution is 7.05. The molecule has 0 unspecified atom stereocenters. The largest absolute Gasteiger partial charge is 0.312 e. The molecule has 0 aliphatic carbocycles. The van der Waals surface area contributed by atoms with Crippen molar-refractivity contribution in [3.8, 4) is 0 Å². The Morgan fingerprint density at radius 3 is 0.833 bits per heavy atom. The monoisotopic (exact) mass is 606 g/mol. The van der Waals surface area contributed by atoms with E-state index in [2.05, 4.69) is 165 Å². The smallest absolute Gasteiger partial charge is 0.252 e. The Morgan fingerprint density at radius 1 is 0.250 bits per heavy atom. The van der Waals surface area contributed by atoms with Gasteiger partial charge in [0.1, 0.15) is 0 Å². The van der Waals surface area contributed by atoms with Crippen LogP contribution in [0.3, 0.4) is 0 Å². The highest BCUT2D eigenvalue weighted by Crippen LogP contribution is 2.65. The first-order valence-corrected chi connectivity index (χ1v) is 16.9. The van der Waals surface area contributed by atoms with Crippen molar-refractivity contribution >= 4 is 114 Å². The van der Waals surface area contributed by atoms with Gasteiger partial charge in [-0.15, -0.1) is 0 Å². The van der Waals surface area contributed by atoms with Crippen LogP contribution in [-0.2, 0) is 0 Å². The highest BCUT2D eigenvalue weighted by Gasteiger charge is 2.56. The molecule has 0 saturated carbocycles. The minimum atomic E-state index is 0.109. The van der Waals surface area contributed by atoms with E-state index in [-0.39, 0.29) is 13.4 Å². The minimum absolute atomic E-state index is 0.109. The second-order valence-corrected chi connectivity index (χ2v) is 13.6. The fraction of sp³-hybridized carbons (Fsp3) is 0. The molecular formula is C42H24B2N4. The average Bonchev–Trinajstić information content (AvgIpc) is 3.16. The lowest BCUT2D eigenvalue weighted by molar-refractivity contribution is 1.12. The zero-order valence-electron chi connectivity index (χ0n) is 25.8. The Labute approximate surface area is 278 Å². The van der Waals surface area contributed by atoms with E-state index in [4.69, 9.17) is 0 Å². The highest BCUT2D eigenvalue weighted by atomic mass is 15.3. The van der Waals surface area contributed by atoms with Crippen molar-refractivity contribution in [3.05, 3.63) is 146 Å². The summed E-state index contributed by atoms with van der Waals surface area (Å²) in [6.45, 7) is 0.217. The van der Waals surface area contributed by atoms with Crippen LogP contribution in [0, 0.1) is 0 Å². The Morgan fingerprint density at radius 2 is 0.500 bits per heavy atom. The normalized spacial score (nSPS) is 15.2. The molecule has 0 atom stereocenters. The summed E-state index contributed by atoms with van der Waals surface area (Å²) in [4.78, 5) is 10.4. The minimum Gasteiger partial charge on any atom is -0.312 e. The van der Waals surface area contributed by atoms with Gasteiger partial charge in [-0.25, -0.2) is 0 Å². The molecule has 13 rings (SSSR count). The molecule has 0 N–H and O–H groups in total. The maximum Gasteiger partial charge on any atom is 0.252 e. The second kappa shape index (κ2) is 8.04. The first-order valence-electron chi connectivity index (χ1n) is 16.9. The Kier molecular flexibility index (Phi) is 4.04. The molecule has 0 radical (unpaired) electrons. The van der Waals surface area contributed by atoms with Crippen molar-refractivity contribution in [2.24, 2.45) is 0 Å². The molecule has 6 heteroatoms. The third-order valence-corrected chi connectivity index (χ3v) is 11.6. The van der Waals surface area contributed by atoms with Gasteiger partial charge in [0.2, 0.25) is 0 Å². The van der Waals surface area contributed by atoms with Crippen LogP contribution in [0.4, 0.5) is 68.2 Å². The SMILES string of the molecule is c1ccc2c(c1)B1c3ccccc3N3c4ccccc4N4c5ccccc5N5c6ccccc6B6c7ccccc7N2c2c1c3c4c5c26. The molecule has 7 aromatic rings. The lowest BCUT2D eigenvalue weighted by atomic mass is 9.28. The van der Waals surface area contributed by atoms with Gasteiger partial charge in [0.15, 0.2) is 0 Å². The van der Waals surface area contributed by atoms with E-state index in [0.29, 0.717) is 0 Å². The molecule has 48 heavy (non-hydrogen) atoms. The Bertz CT molecular complexity index is 2020. The molecule has 0 aromatic heterocycles. The van der Waals surface area contributed by atoms with Crippen molar-refractivity contribution in [2.45, 2.75) is 0 Å². The Balaban J connectivity index is 1.31. The summed E-state index contributed by atoms with van der Waals surface area (Å²) in [5, 5.41) is 0. The number of para-hydroxylation sites is 8. The number of nitrogens with zero attached hydrogens (tertiary/aromatic N) is 4. The van der Waals surface area contributed by atoms with Gasteiger partial charge < -0.3 is 19.6 Å². The molecular weight excluding hydrogens is 582 g/mol. The number of anilines is 12. The molecule has 0 spiro atoms. The average molecular weight is 606 g/mol. The van der Waals surface area contributed by atoms with Crippen LogP contribution in [0.2, 0.25) is 0 Å². The number of hydrogen-bond donors (Lipinski definition) is 0. The summed E-state index contributed by atoms with van der Waals surface area (Å²) in [6, 6.07) is 54.6. The molecule has 6 heterocycles. The lowest BCUT2D eigenvalue weighted by Gasteiger charge is -2.56. The van der Waals surface area contributed by atoms with Gasteiger partial charge in [-0.3, -0.25) is 0 Å². The van der Waals surface area contributed by atoms with E-state index >= 15 is 0 Å². The number of benzene rings is 7. The number of fused-ring (bicyclic) bond motifs is 18. The van der Waals surface area contributed by atoms with Crippen molar-refractivity contribution in [1.82, 2.24) is 0 Å². The molecule has 0 saturated heterocycles. The van der Waals surface area contributed by atoms with Gasteiger partial charge in [0.05, 0.1) is 39.8 Å². The van der Waals surface area contributed by atoms with E-state index < -0.39 is 0 Å². The summed E-state index contributed by atoms with van der Waals surface area (Å²) >= 11 is 0. The van der Waals surface area contributed by atoms with Crippen LogP contribution in [-0.4, -0.2) is 13.4 Å². The van der Waals surface area contributed by atoms with E-state index in [1.807, 2.05) is 0 Å². The first kappa shape index (κ1) is 24.1. The maximum atomic E-state index is 2.61. The summed E-state index contributed by atoms with van der Waals surface area (Å²) in [5.74, 6) is 0. The van der Waals surface area contributed by atoms with Crippen LogP contribution in [0.1, 0.15) is 0 Å². The van der Waals surface area contributed by atoms with Crippen molar-refractivity contribution in [1.29, 1.82) is 0 Å². The predicted octanol–water partition coefficient (Wildman–Crippen LogP) is 6.48. The van der Waals surface area contributed by atoms with E-state index in [9.17, 15) is 0 Å². The maximum absolute atomic E-state index is 2.61. The Hall–Kier alpha value is -6.13. The third kappa shape index (κ3) is 2.48. The number of rotatable bonds is 0. The van der Waals surface area contributed by atoms with Gasteiger partial charge in [-0.05, 0) is 81.3 Å². The zero-order chi connectivity index (χ0) is 30.8. The lowest BCUT2D eigenvalue weighted by Crippen LogP contribution is -2.69. The first-order chi connectivity index (χ1) is 23.9. The van der Waals surface area contributed by atoms with Crippen LogP contribution in [0.5, 0.6) is 0 Å². The van der Waals surface area contributed by atoms with Gasteiger partial charge >= 0.3 is 0 Å². The molecule has 6 aliphatic heterocycles. The van der Waals surface area contributed by atoms with Crippen molar-refractivity contribution in [2.75, 3.05) is 19.6 Å². The standard InChI is InChI=1S/C42H24B2N4/c1-5-17-29-25(13-1)43-27-15-3-7-19-31(27)46-33-21-9-11-23-35(33)48-36-24-12-10-22-34(36)47-32-20-8-4-16-28(32)44-26-14-2-6-18-30(26)45(29)39-37(43)40(46)42(48)41(47)38(39)44/h1-24H. The van der Waals surface area contributed by atoms with Crippen LogP contribution in [0.25, 0.3) is 0 Å². The van der Waals surface area contributed by atoms with Gasteiger partial charge in [0, 0.05) is 28.4 Å². The fourth-order valence-corrected chi connectivity index (χ4v) is 10.1. The summed E-state index contributed by atoms with van der Waals surface area (Å²) in [6.07, 6.45) is 0. The molecule has 7 aromatic carbocycles. The molecule has 6 aliphatic rings. The fourth-order valence-electron chi connectivity index (χ4n) is 10.1. The van der Waals surface area contributed by atoms with Gasteiger partial charge in [-0.1, -0.05) is 97.1 Å². The van der Waals surface area contributed by atoms with Crippen LogP contribution < -0.4 is 52.4 Å². The molecule has 218 valence electrons. The molecule has 4 nitrogen and oxygen atoms in total. The topological polar surface area (TPSA) is 13.0 Å². The van der Waals surface area contributed by atoms with Crippen molar-refractivity contribution < 1.29 is 0 Å². The predicted molar refractivity (Wildman–Crippen MR) is 202 cm³/mol. The summed E-state index contributed by atoms with van der Waals surface area (Å²) in [7, 11) is 0. The van der Waals surface area contributed by atoms with Crippen LogP contribution in [0.15, 0.2) is 146 Å².